The van der Waals surface area contributed by atoms with E-state index in [4.69, 9.17) is 11.6 Å². The lowest BCUT2D eigenvalue weighted by atomic mass is 10.1. The second-order valence-electron chi connectivity index (χ2n) is 7.45. The van der Waals surface area contributed by atoms with Crippen molar-refractivity contribution >= 4 is 17.5 Å². The molecule has 0 bridgehead atoms. The Morgan fingerprint density at radius 1 is 1.07 bits per heavy atom. The number of halogens is 2. The zero-order chi connectivity index (χ0) is 19.4. The summed E-state index contributed by atoms with van der Waals surface area (Å²) >= 11 is 6.15. The molecular weight excluding hydrogens is 367 g/mol. The first-order valence-electron chi connectivity index (χ1n) is 9.90. The molecular formula is C20H30ClFN4O. The minimum Gasteiger partial charge on any atom is -0.339 e. The molecule has 0 radical (unpaired) electrons. The molecule has 0 aliphatic carbocycles. The third kappa shape index (κ3) is 4.99. The molecule has 1 aromatic rings. The standard InChI is InChI=1S/C20H30ClFN4O/c1-3-23-7-13-26(14-8-23)20(27)16(2)25-11-9-24(10-12-25)15-17-18(21)5-4-6-19(17)22/h4-6,16H,3,7-15H2,1-2H3. The quantitative estimate of drug-likeness (QED) is 0.763. The summed E-state index contributed by atoms with van der Waals surface area (Å²) in [4.78, 5) is 21.7. The molecule has 27 heavy (non-hydrogen) atoms. The van der Waals surface area contributed by atoms with Gasteiger partial charge >= 0.3 is 0 Å². The van der Waals surface area contributed by atoms with Crippen LogP contribution in [0, 0.1) is 5.82 Å². The molecule has 2 aliphatic rings. The van der Waals surface area contributed by atoms with Crippen LogP contribution >= 0.6 is 11.6 Å². The molecule has 0 saturated carbocycles. The number of carbonyl (C=O) groups excluding carboxylic acids is 1. The lowest BCUT2D eigenvalue weighted by Gasteiger charge is -2.41. The molecule has 1 aromatic carbocycles. The number of hydrogen-bond acceptors (Lipinski definition) is 4. The average molecular weight is 397 g/mol. The van der Waals surface area contributed by atoms with Crippen molar-refractivity contribution in [2.45, 2.75) is 26.4 Å². The van der Waals surface area contributed by atoms with Crippen molar-refractivity contribution < 1.29 is 9.18 Å². The maximum absolute atomic E-state index is 14.0. The average Bonchev–Trinajstić information content (AvgIpc) is 2.70. The highest BCUT2D eigenvalue weighted by molar-refractivity contribution is 6.31. The summed E-state index contributed by atoms with van der Waals surface area (Å²) in [6, 6.07) is 4.72. The summed E-state index contributed by atoms with van der Waals surface area (Å²) in [5, 5.41) is 0.479. The largest absolute Gasteiger partial charge is 0.339 e. The Hall–Kier alpha value is -1.21. The van der Waals surface area contributed by atoms with Gasteiger partial charge in [0.25, 0.3) is 0 Å². The number of amides is 1. The monoisotopic (exact) mass is 396 g/mol. The molecule has 0 N–H and O–H groups in total. The van der Waals surface area contributed by atoms with Crippen LogP contribution in [0.3, 0.4) is 0 Å². The molecule has 1 amide bonds. The van der Waals surface area contributed by atoms with Gasteiger partial charge in [0.15, 0.2) is 0 Å². The summed E-state index contributed by atoms with van der Waals surface area (Å²) in [7, 11) is 0. The molecule has 7 heteroatoms. The molecule has 150 valence electrons. The first-order valence-corrected chi connectivity index (χ1v) is 10.3. The van der Waals surface area contributed by atoms with Crippen LogP contribution in [0.15, 0.2) is 18.2 Å². The van der Waals surface area contributed by atoms with Crippen molar-refractivity contribution in [3.05, 3.63) is 34.6 Å². The van der Waals surface area contributed by atoms with Gasteiger partial charge in [0.2, 0.25) is 5.91 Å². The van der Waals surface area contributed by atoms with Gasteiger partial charge in [-0.3, -0.25) is 14.6 Å². The summed E-state index contributed by atoms with van der Waals surface area (Å²) in [5.41, 5.74) is 0.561. The minimum atomic E-state index is -0.250. The molecule has 0 aromatic heterocycles. The highest BCUT2D eigenvalue weighted by Crippen LogP contribution is 2.22. The van der Waals surface area contributed by atoms with Crippen LogP contribution < -0.4 is 0 Å². The maximum atomic E-state index is 14.0. The molecule has 2 fully saturated rings. The molecule has 0 spiro atoms. The van der Waals surface area contributed by atoms with Crippen molar-refractivity contribution in [3.63, 3.8) is 0 Å². The Labute approximate surface area is 166 Å². The normalized spacial score (nSPS) is 21.4. The van der Waals surface area contributed by atoms with Crippen LogP contribution in [0.2, 0.25) is 5.02 Å². The van der Waals surface area contributed by atoms with E-state index in [9.17, 15) is 9.18 Å². The van der Waals surface area contributed by atoms with Crippen LogP contribution in [-0.4, -0.2) is 90.5 Å². The lowest BCUT2D eigenvalue weighted by molar-refractivity contribution is -0.138. The zero-order valence-electron chi connectivity index (χ0n) is 16.3. The number of nitrogens with zero attached hydrogens (tertiary/aromatic N) is 4. The Kier molecular flexibility index (Phi) is 7.09. The van der Waals surface area contributed by atoms with Crippen molar-refractivity contribution in [1.82, 2.24) is 19.6 Å². The van der Waals surface area contributed by atoms with Crippen molar-refractivity contribution in [3.8, 4) is 0 Å². The highest BCUT2D eigenvalue weighted by atomic mass is 35.5. The first kappa shape index (κ1) is 20.5. The van der Waals surface area contributed by atoms with Crippen LogP contribution in [-0.2, 0) is 11.3 Å². The maximum Gasteiger partial charge on any atom is 0.239 e. The van der Waals surface area contributed by atoms with E-state index in [1.54, 1.807) is 12.1 Å². The summed E-state index contributed by atoms with van der Waals surface area (Å²) in [5.74, 6) is -0.0175. The van der Waals surface area contributed by atoms with Crippen LogP contribution in [0.5, 0.6) is 0 Å². The van der Waals surface area contributed by atoms with Gasteiger partial charge in [0.1, 0.15) is 5.82 Å². The van der Waals surface area contributed by atoms with Crippen molar-refractivity contribution in [2.24, 2.45) is 0 Å². The minimum absolute atomic E-state index is 0.0997. The van der Waals surface area contributed by atoms with E-state index in [0.717, 1.165) is 58.9 Å². The topological polar surface area (TPSA) is 30.0 Å². The van der Waals surface area contributed by atoms with Gasteiger partial charge in [-0.25, -0.2) is 4.39 Å². The third-order valence-electron chi connectivity index (χ3n) is 5.89. The zero-order valence-corrected chi connectivity index (χ0v) is 17.1. The van der Waals surface area contributed by atoms with E-state index in [0.29, 0.717) is 17.1 Å². The van der Waals surface area contributed by atoms with E-state index >= 15 is 0 Å². The number of rotatable bonds is 5. The Morgan fingerprint density at radius 3 is 2.30 bits per heavy atom. The number of hydrogen-bond donors (Lipinski definition) is 0. The van der Waals surface area contributed by atoms with Crippen LogP contribution in [0.25, 0.3) is 0 Å². The molecule has 1 unspecified atom stereocenters. The Morgan fingerprint density at radius 2 is 1.70 bits per heavy atom. The number of piperazine rings is 2. The number of benzene rings is 1. The van der Waals surface area contributed by atoms with E-state index < -0.39 is 0 Å². The molecule has 3 rings (SSSR count). The predicted molar refractivity (Wildman–Crippen MR) is 106 cm³/mol. The van der Waals surface area contributed by atoms with Gasteiger partial charge in [-0.2, -0.15) is 0 Å². The van der Waals surface area contributed by atoms with Gasteiger partial charge in [-0.1, -0.05) is 24.6 Å². The molecule has 1 atom stereocenters. The fourth-order valence-electron chi connectivity index (χ4n) is 3.92. The molecule has 5 nitrogen and oxygen atoms in total. The fraction of sp³-hybridized carbons (Fsp3) is 0.650. The summed E-state index contributed by atoms with van der Waals surface area (Å²) < 4.78 is 14.0. The Bertz CT molecular complexity index is 623. The van der Waals surface area contributed by atoms with E-state index in [2.05, 4.69) is 21.6 Å². The van der Waals surface area contributed by atoms with E-state index in [-0.39, 0.29) is 17.8 Å². The summed E-state index contributed by atoms with van der Waals surface area (Å²) in [6.07, 6.45) is 0. The van der Waals surface area contributed by atoms with Gasteiger partial charge in [-0.15, -0.1) is 0 Å². The first-order chi connectivity index (χ1) is 13.0. The predicted octanol–water partition coefficient (Wildman–Crippen LogP) is 2.15. The smallest absolute Gasteiger partial charge is 0.239 e. The molecule has 2 heterocycles. The lowest BCUT2D eigenvalue weighted by Crippen LogP contribution is -2.57. The number of likely N-dealkylation sites (N-methyl/N-ethyl adjacent to an activating group) is 1. The Balaban J connectivity index is 1.49. The summed E-state index contributed by atoms with van der Waals surface area (Å²) in [6.45, 7) is 12.6. The fourth-order valence-corrected chi connectivity index (χ4v) is 4.14. The van der Waals surface area contributed by atoms with E-state index in [1.807, 2.05) is 11.8 Å². The SMILES string of the molecule is CCN1CCN(C(=O)C(C)N2CCN(Cc3c(F)cccc3Cl)CC2)CC1. The van der Waals surface area contributed by atoms with Gasteiger partial charge < -0.3 is 9.80 Å². The van der Waals surface area contributed by atoms with Gasteiger partial charge in [0.05, 0.1) is 6.04 Å². The molecule has 2 saturated heterocycles. The second-order valence-corrected chi connectivity index (χ2v) is 7.86. The van der Waals surface area contributed by atoms with Crippen LogP contribution in [0.1, 0.15) is 19.4 Å². The second kappa shape index (κ2) is 9.32. The number of carbonyl (C=O) groups is 1. The highest BCUT2D eigenvalue weighted by Gasteiger charge is 2.30. The third-order valence-corrected chi connectivity index (χ3v) is 6.24. The van der Waals surface area contributed by atoms with Crippen molar-refractivity contribution in [2.75, 3.05) is 58.9 Å². The van der Waals surface area contributed by atoms with Gasteiger partial charge in [0, 0.05) is 69.5 Å². The van der Waals surface area contributed by atoms with E-state index in [1.165, 1.54) is 6.07 Å². The van der Waals surface area contributed by atoms with Crippen molar-refractivity contribution in [1.29, 1.82) is 0 Å². The van der Waals surface area contributed by atoms with Gasteiger partial charge in [-0.05, 0) is 25.6 Å². The molecule has 2 aliphatic heterocycles. The van der Waals surface area contributed by atoms with Crippen LogP contribution in [0.4, 0.5) is 4.39 Å².